The van der Waals surface area contributed by atoms with E-state index in [1.165, 1.54) is 0 Å². The van der Waals surface area contributed by atoms with E-state index < -0.39 is 0 Å². The third-order valence-electron chi connectivity index (χ3n) is 3.04. The van der Waals surface area contributed by atoms with Crippen molar-refractivity contribution in [3.05, 3.63) is 69.7 Å². The van der Waals surface area contributed by atoms with Crippen molar-refractivity contribution in [3.63, 3.8) is 0 Å². The van der Waals surface area contributed by atoms with Gasteiger partial charge in [0.25, 0.3) is 0 Å². The monoisotopic (exact) mass is 322 g/mol. The summed E-state index contributed by atoms with van der Waals surface area (Å²) < 4.78 is 0. The van der Waals surface area contributed by atoms with Crippen molar-refractivity contribution < 1.29 is 5.21 Å². The van der Waals surface area contributed by atoms with Crippen LogP contribution >= 0.6 is 23.2 Å². The highest BCUT2D eigenvalue weighted by atomic mass is 35.5. The molecule has 0 radical (unpaired) electrons. The van der Waals surface area contributed by atoms with Crippen molar-refractivity contribution in [2.24, 2.45) is 4.99 Å². The lowest BCUT2D eigenvalue weighted by Gasteiger charge is -2.13. The third kappa shape index (κ3) is 5.14. The topological polar surface area (TPSA) is 44.6 Å². The smallest absolute Gasteiger partial charge is 0.0786 e. The minimum atomic E-state index is -0.0572. The summed E-state index contributed by atoms with van der Waals surface area (Å²) >= 11 is 12.0. The normalized spacial score (nSPS) is 12.7. The van der Waals surface area contributed by atoms with Crippen molar-refractivity contribution in [1.82, 2.24) is 5.48 Å². The maximum Gasteiger partial charge on any atom is 0.0786 e. The van der Waals surface area contributed by atoms with Crippen molar-refractivity contribution in [1.29, 1.82) is 0 Å². The van der Waals surface area contributed by atoms with Crippen LogP contribution in [-0.2, 0) is 6.42 Å². The van der Waals surface area contributed by atoms with Gasteiger partial charge in [-0.2, -0.15) is 0 Å². The van der Waals surface area contributed by atoms with Crippen molar-refractivity contribution in [2.45, 2.75) is 12.5 Å². The third-order valence-corrected chi connectivity index (χ3v) is 3.53. The molecule has 0 heterocycles. The van der Waals surface area contributed by atoms with Crippen LogP contribution in [0.15, 0.2) is 53.5 Å². The Morgan fingerprint density at radius 3 is 2.52 bits per heavy atom. The Hall–Kier alpha value is -1.39. The molecule has 0 saturated carbocycles. The van der Waals surface area contributed by atoms with E-state index >= 15 is 0 Å². The molecule has 0 saturated heterocycles. The van der Waals surface area contributed by atoms with Gasteiger partial charge in [0.2, 0.25) is 0 Å². The van der Waals surface area contributed by atoms with Crippen molar-refractivity contribution in [2.75, 3.05) is 6.54 Å². The van der Waals surface area contributed by atoms with Crippen LogP contribution in [0.2, 0.25) is 10.0 Å². The van der Waals surface area contributed by atoms with Gasteiger partial charge in [0.15, 0.2) is 0 Å². The van der Waals surface area contributed by atoms with E-state index in [-0.39, 0.29) is 6.04 Å². The summed E-state index contributed by atoms with van der Waals surface area (Å²) in [6.45, 7) is 0.303. The number of halogens is 2. The summed E-state index contributed by atoms with van der Waals surface area (Å²) in [5.74, 6) is 0. The molecule has 1 unspecified atom stereocenters. The molecule has 110 valence electrons. The second-order valence-electron chi connectivity index (χ2n) is 4.60. The summed E-state index contributed by atoms with van der Waals surface area (Å²) in [4.78, 5) is 4.50. The molecule has 0 bridgehead atoms. The molecule has 0 aromatic heterocycles. The van der Waals surface area contributed by atoms with Crippen LogP contribution in [0.5, 0.6) is 0 Å². The second-order valence-corrected chi connectivity index (χ2v) is 5.47. The molecule has 2 aromatic rings. The van der Waals surface area contributed by atoms with Crippen LogP contribution < -0.4 is 5.48 Å². The minimum absolute atomic E-state index is 0.0572. The number of rotatable bonds is 6. The Kier molecular flexibility index (Phi) is 6.21. The van der Waals surface area contributed by atoms with Crippen molar-refractivity contribution >= 4 is 29.4 Å². The van der Waals surface area contributed by atoms with Crippen LogP contribution in [0.3, 0.4) is 0 Å². The summed E-state index contributed by atoms with van der Waals surface area (Å²) in [7, 11) is 0. The SMILES string of the molecule is ONCC=NC(Cc1ccc(Cl)cc1)c1cccc(Cl)c1. The molecule has 2 aromatic carbocycles. The fourth-order valence-corrected chi connectivity index (χ4v) is 2.36. The summed E-state index contributed by atoms with van der Waals surface area (Å²) in [6, 6.07) is 15.3. The molecule has 2 rings (SSSR count). The van der Waals surface area contributed by atoms with E-state index in [4.69, 9.17) is 28.4 Å². The standard InChI is InChI=1S/C16H16Cl2N2O/c17-14-6-4-12(5-7-14)10-16(19-8-9-20-21)13-2-1-3-15(18)11-13/h1-8,11,16,20-21H,9-10H2. The summed E-state index contributed by atoms with van der Waals surface area (Å²) in [5.41, 5.74) is 4.24. The van der Waals surface area contributed by atoms with Gasteiger partial charge in [-0.05, 0) is 41.8 Å². The molecule has 21 heavy (non-hydrogen) atoms. The Morgan fingerprint density at radius 2 is 1.86 bits per heavy atom. The summed E-state index contributed by atoms with van der Waals surface area (Å²) in [6.07, 6.45) is 2.39. The Labute approximate surface area is 134 Å². The van der Waals surface area contributed by atoms with Crippen LogP contribution in [0.1, 0.15) is 17.2 Å². The highest BCUT2D eigenvalue weighted by Crippen LogP contribution is 2.25. The number of hydroxylamine groups is 1. The van der Waals surface area contributed by atoms with Gasteiger partial charge in [0.05, 0.1) is 12.6 Å². The molecule has 0 aliphatic rings. The van der Waals surface area contributed by atoms with E-state index in [1.807, 2.05) is 48.5 Å². The first kappa shape index (κ1) is 16.0. The van der Waals surface area contributed by atoms with Gasteiger partial charge in [-0.1, -0.05) is 47.5 Å². The zero-order chi connectivity index (χ0) is 15.1. The Morgan fingerprint density at radius 1 is 1.10 bits per heavy atom. The van der Waals surface area contributed by atoms with Crippen LogP contribution in [-0.4, -0.2) is 18.0 Å². The van der Waals surface area contributed by atoms with Crippen LogP contribution in [0.4, 0.5) is 0 Å². The number of nitrogens with one attached hydrogen (secondary N) is 1. The van der Waals surface area contributed by atoms with Gasteiger partial charge in [0, 0.05) is 16.3 Å². The highest BCUT2D eigenvalue weighted by Gasteiger charge is 2.11. The van der Waals surface area contributed by atoms with Gasteiger partial charge < -0.3 is 5.21 Å². The maximum absolute atomic E-state index is 8.64. The molecular weight excluding hydrogens is 307 g/mol. The molecule has 5 heteroatoms. The van der Waals surface area contributed by atoms with Crippen molar-refractivity contribution in [3.8, 4) is 0 Å². The average molecular weight is 323 g/mol. The van der Waals surface area contributed by atoms with Gasteiger partial charge in [-0.25, -0.2) is 5.48 Å². The van der Waals surface area contributed by atoms with Crippen LogP contribution in [0, 0.1) is 0 Å². The molecule has 0 aliphatic heterocycles. The molecular formula is C16H16Cl2N2O. The van der Waals surface area contributed by atoms with Gasteiger partial charge in [-0.3, -0.25) is 4.99 Å². The molecule has 0 aliphatic carbocycles. The first-order valence-corrected chi connectivity index (χ1v) is 7.33. The van der Waals surface area contributed by atoms with E-state index in [2.05, 4.69) is 10.5 Å². The molecule has 2 N–H and O–H groups in total. The Balaban J connectivity index is 2.21. The van der Waals surface area contributed by atoms with Gasteiger partial charge >= 0.3 is 0 Å². The van der Waals surface area contributed by atoms with E-state index in [1.54, 1.807) is 6.21 Å². The number of hydrogen-bond donors (Lipinski definition) is 2. The lowest BCUT2D eigenvalue weighted by atomic mass is 9.99. The number of benzene rings is 2. The highest BCUT2D eigenvalue weighted by molar-refractivity contribution is 6.30. The predicted octanol–water partition coefficient (Wildman–Crippen LogP) is 4.33. The molecule has 0 fully saturated rings. The Bertz CT molecular complexity index is 599. The van der Waals surface area contributed by atoms with Gasteiger partial charge in [-0.15, -0.1) is 0 Å². The lowest BCUT2D eigenvalue weighted by molar-refractivity contribution is 0.184. The molecule has 1 atom stereocenters. The zero-order valence-corrected chi connectivity index (χ0v) is 12.8. The molecule has 3 nitrogen and oxygen atoms in total. The van der Waals surface area contributed by atoms with E-state index in [0.717, 1.165) is 17.5 Å². The van der Waals surface area contributed by atoms with E-state index in [0.29, 0.717) is 16.6 Å². The number of nitrogens with zero attached hydrogens (tertiary/aromatic N) is 1. The zero-order valence-electron chi connectivity index (χ0n) is 11.3. The first-order valence-electron chi connectivity index (χ1n) is 6.57. The second kappa shape index (κ2) is 8.15. The predicted molar refractivity (Wildman–Crippen MR) is 87.6 cm³/mol. The quantitative estimate of drug-likeness (QED) is 0.614. The largest absolute Gasteiger partial charge is 0.316 e. The number of aliphatic imine (C=N–C) groups is 1. The molecule has 0 amide bonds. The van der Waals surface area contributed by atoms with Crippen LogP contribution in [0.25, 0.3) is 0 Å². The fraction of sp³-hybridized carbons (Fsp3) is 0.188. The summed E-state index contributed by atoms with van der Waals surface area (Å²) in [5, 5.41) is 10.0. The first-order chi connectivity index (χ1) is 10.2. The maximum atomic E-state index is 8.64. The van der Waals surface area contributed by atoms with Gasteiger partial charge in [0.1, 0.15) is 0 Å². The fourth-order valence-electron chi connectivity index (χ4n) is 2.04. The molecule has 0 spiro atoms. The lowest BCUT2D eigenvalue weighted by Crippen LogP contribution is -2.11. The number of hydrogen-bond acceptors (Lipinski definition) is 3. The average Bonchev–Trinajstić information content (AvgIpc) is 2.48. The van der Waals surface area contributed by atoms with E-state index in [9.17, 15) is 0 Å². The minimum Gasteiger partial charge on any atom is -0.316 e.